The lowest BCUT2D eigenvalue weighted by atomic mass is 9.95. The number of aromatic hydroxyl groups is 1. The standard InChI is InChI=1S/C26H23NO5/c1-32-21-13-9-18(10-14-21)23-22(24(29)19-5-3-2-4-6-19)25(30)26(31)27(23)16-15-17-7-11-20(28)12-8-17/h2-14,23,28-29H,15-16H2,1H3/b24-22+. The number of nitrogens with zero attached hydrogens (tertiary/aromatic N) is 1. The molecule has 0 spiro atoms. The molecule has 162 valence electrons. The van der Waals surface area contributed by atoms with Crippen LogP contribution in [0.2, 0.25) is 0 Å². The Kier molecular flexibility index (Phi) is 5.94. The smallest absolute Gasteiger partial charge is 0.295 e. The number of methoxy groups -OCH3 is 1. The summed E-state index contributed by atoms with van der Waals surface area (Å²) in [6.07, 6.45) is 0.491. The van der Waals surface area contributed by atoms with E-state index in [4.69, 9.17) is 4.74 Å². The van der Waals surface area contributed by atoms with Gasteiger partial charge in [0, 0.05) is 12.1 Å². The first-order chi connectivity index (χ1) is 15.5. The molecule has 0 saturated carbocycles. The minimum Gasteiger partial charge on any atom is -0.508 e. The number of likely N-dealkylation sites (tertiary alicyclic amines) is 1. The number of rotatable bonds is 6. The van der Waals surface area contributed by atoms with Crippen molar-refractivity contribution in [1.82, 2.24) is 4.90 Å². The van der Waals surface area contributed by atoms with Crippen LogP contribution >= 0.6 is 0 Å². The Morgan fingerprint density at radius 1 is 0.938 bits per heavy atom. The number of carbonyl (C=O) groups is 2. The molecule has 0 aliphatic carbocycles. The van der Waals surface area contributed by atoms with Gasteiger partial charge in [0.1, 0.15) is 17.3 Å². The summed E-state index contributed by atoms with van der Waals surface area (Å²) in [4.78, 5) is 27.5. The van der Waals surface area contributed by atoms with Crippen molar-refractivity contribution >= 4 is 17.4 Å². The summed E-state index contributed by atoms with van der Waals surface area (Å²) in [5, 5.41) is 20.5. The van der Waals surface area contributed by atoms with E-state index in [9.17, 15) is 19.8 Å². The predicted molar refractivity (Wildman–Crippen MR) is 120 cm³/mol. The number of aliphatic hydroxyl groups excluding tert-OH is 1. The molecule has 32 heavy (non-hydrogen) atoms. The fourth-order valence-corrected chi connectivity index (χ4v) is 3.91. The van der Waals surface area contributed by atoms with Crippen molar-refractivity contribution in [1.29, 1.82) is 0 Å². The number of phenols is 1. The second-order valence-electron chi connectivity index (χ2n) is 7.55. The van der Waals surface area contributed by atoms with E-state index < -0.39 is 17.7 Å². The van der Waals surface area contributed by atoms with Crippen molar-refractivity contribution in [3.63, 3.8) is 0 Å². The van der Waals surface area contributed by atoms with Crippen LogP contribution in [0.25, 0.3) is 5.76 Å². The van der Waals surface area contributed by atoms with Gasteiger partial charge in [-0.15, -0.1) is 0 Å². The molecule has 1 aliphatic heterocycles. The normalized spacial score (nSPS) is 17.5. The van der Waals surface area contributed by atoms with E-state index in [0.29, 0.717) is 23.3 Å². The molecule has 0 bridgehead atoms. The summed E-state index contributed by atoms with van der Waals surface area (Å²) >= 11 is 0. The highest BCUT2D eigenvalue weighted by Gasteiger charge is 2.45. The van der Waals surface area contributed by atoms with E-state index in [0.717, 1.165) is 5.56 Å². The van der Waals surface area contributed by atoms with Gasteiger partial charge in [0.2, 0.25) is 0 Å². The third kappa shape index (κ3) is 4.07. The number of hydrogen-bond donors (Lipinski definition) is 2. The van der Waals surface area contributed by atoms with Gasteiger partial charge in [-0.3, -0.25) is 9.59 Å². The summed E-state index contributed by atoms with van der Waals surface area (Å²) in [6.45, 7) is 0.275. The van der Waals surface area contributed by atoms with Crippen molar-refractivity contribution in [2.24, 2.45) is 0 Å². The lowest BCUT2D eigenvalue weighted by molar-refractivity contribution is -0.139. The number of ketones is 1. The highest BCUT2D eigenvalue weighted by molar-refractivity contribution is 6.46. The average Bonchev–Trinajstić information content (AvgIpc) is 3.08. The average molecular weight is 429 g/mol. The lowest BCUT2D eigenvalue weighted by Gasteiger charge is -2.25. The van der Waals surface area contributed by atoms with Gasteiger partial charge in [0.05, 0.1) is 18.7 Å². The monoisotopic (exact) mass is 429 g/mol. The lowest BCUT2D eigenvalue weighted by Crippen LogP contribution is -2.31. The van der Waals surface area contributed by atoms with Gasteiger partial charge in [0.15, 0.2) is 0 Å². The third-order valence-corrected chi connectivity index (χ3v) is 5.60. The van der Waals surface area contributed by atoms with Gasteiger partial charge in [0.25, 0.3) is 11.7 Å². The Labute approximate surface area is 186 Å². The summed E-state index contributed by atoms with van der Waals surface area (Å²) in [6, 6.07) is 21.8. The molecule has 3 aromatic carbocycles. The van der Waals surface area contributed by atoms with Crippen molar-refractivity contribution in [3.8, 4) is 11.5 Å². The molecule has 3 aromatic rings. The van der Waals surface area contributed by atoms with Gasteiger partial charge in [-0.25, -0.2) is 0 Å². The maximum Gasteiger partial charge on any atom is 0.295 e. The van der Waals surface area contributed by atoms with E-state index >= 15 is 0 Å². The second kappa shape index (κ2) is 8.98. The molecule has 1 saturated heterocycles. The maximum absolute atomic E-state index is 13.0. The first-order valence-corrected chi connectivity index (χ1v) is 10.3. The van der Waals surface area contributed by atoms with Crippen LogP contribution in [0.15, 0.2) is 84.4 Å². The fourth-order valence-electron chi connectivity index (χ4n) is 3.91. The van der Waals surface area contributed by atoms with Crippen LogP contribution in [-0.4, -0.2) is 40.5 Å². The Balaban J connectivity index is 1.75. The van der Waals surface area contributed by atoms with Gasteiger partial charge < -0.3 is 19.8 Å². The molecule has 1 aliphatic rings. The van der Waals surface area contributed by atoms with E-state index in [1.807, 2.05) is 6.07 Å². The number of benzene rings is 3. The van der Waals surface area contributed by atoms with E-state index in [1.165, 1.54) is 4.90 Å². The topological polar surface area (TPSA) is 87.1 Å². The van der Waals surface area contributed by atoms with Crippen LogP contribution in [0, 0.1) is 0 Å². The number of amides is 1. The van der Waals surface area contributed by atoms with Gasteiger partial charge in [-0.1, -0.05) is 54.6 Å². The molecule has 1 fully saturated rings. The Hall–Kier alpha value is -4.06. The summed E-state index contributed by atoms with van der Waals surface area (Å²) in [5.74, 6) is -0.745. The van der Waals surface area contributed by atoms with Crippen LogP contribution in [0.3, 0.4) is 0 Å². The Morgan fingerprint density at radius 2 is 1.59 bits per heavy atom. The molecule has 6 nitrogen and oxygen atoms in total. The predicted octanol–water partition coefficient (Wildman–Crippen LogP) is 4.07. The summed E-state index contributed by atoms with van der Waals surface area (Å²) in [5.41, 5.74) is 2.16. The molecule has 1 amide bonds. The second-order valence-corrected chi connectivity index (χ2v) is 7.55. The van der Waals surface area contributed by atoms with Crippen LogP contribution in [-0.2, 0) is 16.0 Å². The molecule has 2 N–H and O–H groups in total. The molecular formula is C26H23NO5. The van der Waals surface area contributed by atoms with Crippen molar-refractivity contribution < 1.29 is 24.5 Å². The fraction of sp³-hybridized carbons (Fsp3) is 0.154. The van der Waals surface area contributed by atoms with Crippen molar-refractivity contribution in [3.05, 3.63) is 101 Å². The Morgan fingerprint density at radius 3 is 2.22 bits per heavy atom. The zero-order chi connectivity index (χ0) is 22.7. The Bertz CT molecular complexity index is 1150. The van der Waals surface area contributed by atoms with Gasteiger partial charge in [-0.05, 0) is 41.8 Å². The molecule has 0 radical (unpaired) electrons. The summed E-state index contributed by atoms with van der Waals surface area (Å²) in [7, 11) is 1.56. The van der Waals surface area contributed by atoms with Crippen LogP contribution < -0.4 is 4.74 Å². The van der Waals surface area contributed by atoms with E-state index in [-0.39, 0.29) is 23.6 Å². The van der Waals surface area contributed by atoms with Crippen LogP contribution in [0.4, 0.5) is 0 Å². The first kappa shape index (κ1) is 21.2. The van der Waals surface area contributed by atoms with Crippen LogP contribution in [0.5, 0.6) is 11.5 Å². The largest absolute Gasteiger partial charge is 0.508 e. The van der Waals surface area contributed by atoms with Crippen molar-refractivity contribution in [2.45, 2.75) is 12.5 Å². The van der Waals surface area contributed by atoms with Crippen molar-refractivity contribution in [2.75, 3.05) is 13.7 Å². The maximum atomic E-state index is 13.0. The van der Waals surface area contributed by atoms with E-state index in [2.05, 4.69) is 0 Å². The SMILES string of the molecule is COc1ccc(C2/C(=C(\O)c3ccccc3)C(=O)C(=O)N2CCc2ccc(O)cc2)cc1. The molecule has 1 atom stereocenters. The highest BCUT2D eigenvalue weighted by atomic mass is 16.5. The van der Waals surface area contributed by atoms with E-state index in [1.54, 1.807) is 79.9 Å². The number of carbonyl (C=O) groups excluding carboxylic acids is 2. The number of phenolic OH excluding ortho intramolecular Hbond substituents is 1. The molecule has 1 unspecified atom stereocenters. The highest BCUT2D eigenvalue weighted by Crippen LogP contribution is 2.39. The zero-order valence-corrected chi connectivity index (χ0v) is 17.6. The van der Waals surface area contributed by atoms with Gasteiger partial charge in [-0.2, -0.15) is 0 Å². The third-order valence-electron chi connectivity index (χ3n) is 5.60. The number of ether oxygens (including phenoxy) is 1. The molecule has 1 heterocycles. The summed E-state index contributed by atoms with van der Waals surface area (Å²) < 4.78 is 5.23. The quantitative estimate of drug-likeness (QED) is 0.351. The number of Topliss-reactive ketones (excluding diaryl/α,β-unsaturated/α-hetero) is 1. The molecular weight excluding hydrogens is 406 g/mol. The number of hydrogen-bond acceptors (Lipinski definition) is 5. The first-order valence-electron chi connectivity index (χ1n) is 10.3. The minimum absolute atomic E-state index is 0.0667. The zero-order valence-electron chi connectivity index (χ0n) is 17.6. The van der Waals surface area contributed by atoms with Gasteiger partial charge >= 0.3 is 0 Å². The number of aliphatic hydroxyl groups is 1. The molecule has 4 rings (SSSR count). The molecule has 6 heteroatoms. The molecule has 0 aromatic heterocycles. The minimum atomic E-state index is -0.724. The van der Waals surface area contributed by atoms with Crippen LogP contribution in [0.1, 0.15) is 22.7 Å².